The summed E-state index contributed by atoms with van der Waals surface area (Å²) in [5.74, 6) is 0.737. The number of urea groups is 1. The topological polar surface area (TPSA) is 57.3 Å². The smallest absolute Gasteiger partial charge is 0.315 e. The van der Waals surface area contributed by atoms with Crippen molar-refractivity contribution in [1.82, 2.24) is 20.5 Å². The van der Waals surface area contributed by atoms with Gasteiger partial charge in [-0.05, 0) is 49.3 Å². The average Bonchev–Trinajstić information content (AvgIpc) is 2.57. The molecular formula is C19H30N4O. The van der Waals surface area contributed by atoms with E-state index in [2.05, 4.69) is 39.6 Å². The first-order valence-electron chi connectivity index (χ1n) is 9.37. The molecule has 0 spiro atoms. The van der Waals surface area contributed by atoms with Crippen molar-refractivity contribution in [3.8, 4) is 0 Å². The van der Waals surface area contributed by atoms with Crippen molar-refractivity contribution in [2.75, 3.05) is 13.1 Å². The summed E-state index contributed by atoms with van der Waals surface area (Å²) in [6.07, 6.45) is 10.5. The zero-order valence-electron chi connectivity index (χ0n) is 14.7. The second kappa shape index (κ2) is 8.47. The molecule has 2 N–H and O–H groups in total. The van der Waals surface area contributed by atoms with Gasteiger partial charge in [0.05, 0.1) is 0 Å². The van der Waals surface area contributed by atoms with E-state index in [0.717, 1.165) is 51.2 Å². The quantitative estimate of drug-likeness (QED) is 0.892. The monoisotopic (exact) mass is 330 g/mol. The lowest BCUT2D eigenvalue weighted by Crippen LogP contribution is -2.50. The minimum absolute atomic E-state index is 0.0293. The van der Waals surface area contributed by atoms with Crippen LogP contribution in [-0.4, -0.2) is 41.1 Å². The predicted molar refractivity (Wildman–Crippen MR) is 95.6 cm³/mol. The third-order valence-corrected chi connectivity index (χ3v) is 5.35. The van der Waals surface area contributed by atoms with E-state index >= 15 is 0 Å². The Morgan fingerprint density at radius 1 is 1.12 bits per heavy atom. The van der Waals surface area contributed by atoms with Crippen LogP contribution in [-0.2, 0) is 6.54 Å². The highest BCUT2D eigenvalue weighted by Gasteiger charge is 2.23. The standard InChI is InChI=1S/C19H30N4O/c1-15-3-2-4-18(13-15)22-19(24)21-17-7-11-23(12-8-17)14-16-5-9-20-10-6-16/h5-6,9-10,15,17-18H,2-4,7-8,11-14H2,1H3,(H2,21,22,24)/t15-,18+/m1/s1. The fourth-order valence-corrected chi connectivity index (χ4v) is 3.96. The fraction of sp³-hybridized carbons (Fsp3) is 0.684. The van der Waals surface area contributed by atoms with Crippen molar-refractivity contribution in [2.45, 2.75) is 64.1 Å². The maximum absolute atomic E-state index is 12.2. The SMILES string of the molecule is C[C@@H]1CCC[C@H](NC(=O)NC2CCN(Cc3ccncc3)CC2)C1. The zero-order chi connectivity index (χ0) is 16.8. The number of pyridine rings is 1. The Hall–Kier alpha value is -1.62. The molecule has 2 heterocycles. The molecule has 2 atom stereocenters. The van der Waals surface area contributed by atoms with Gasteiger partial charge in [0.25, 0.3) is 0 Å². The Morgan fingerprint density at radius 2 is 1.83 bits per heavy atom. The number of hydrogen-bond acceptors (Lipinski definition) is 3. The van der Waals surface area contributed by atoms with Gasteiger partial charge in [-0.2, -0.15) is 0 Å². The first-order chi connectivity index (χ1) is 11.7. The zero-order valence-corrected chi connectivity index (χ0v) is 14.7. The van der Waals surface area contributed by atoms with Crippen LogP contribution in [0.15, 0.2) is 24.5 Å². The largest absolute Gasteiger partial charge is 0.335 e. The number of carbonyl (C=O) groups excluding carboxylic acids is 1. The van der Waals surface area contributed by atoms with Crippen LogP contribution in [0.5, 0.6) is 0 Å². The van der Waals surface area contributed by atoms with Gasteiger partial charge in [-0.15, -0.1) is 0 Å². The number of hydrogen-bond donors (Lipinski definition) is 2. The van der Waals surface area contributed by atoms with Gasteiger partial charge in [0.1, 0.15) is 0 Å². The molecule has 1 aliphatic carbocycles. The van der Waals surface area contributed by atoms with E-state index in [-0.39, 0.29) is 6.03 Å². The lowest BCUT2D eigenvalue weighted by atomic mass is 9.87. The summed E-state index contributed by atoms with van der Waals surface area (Å²) in [4.78, 5) is 18.7. The van der Waals surface area contributed by atoms with E-state index < -0.39 is 0 Å². The summed E-state index contributed by atoms with van der Waals surface area (Å²) in [5.41, 5.74) is 1.31. The number of amides is 2. The van der Waals surface area contributed by atoms with E-state index in [1.54, 1.807) is 0 Å². The fourth-order valence-electron chi connectivity index (χ4n) is 3.96. The molecule has 3 rings (SSSR count). The third-order valence-electron chi connectivity index (χ3n) is 5.35. The Morgan fingerprint density at radius 3 is 2.54 bits per heavy atom. The molecule has 0 aromatic carbocycles. The highest BCUT2D eigenvalue weighted by Crippen LogP contribution is 2.23. The van der Waals surface area contributed by atoms with Crippen molar-refractivity contribution in [2.24, 2.45) is 5.92 Å². The molecule has 5 nitrogen and oxygen atoms in total. The van der Waals surface area contributed by atoms with E-state index in [4.69, 9.17) is 0 Å². The molecule has 0 radical (unpaired) electrons. The second-order valence-electron chi connectivity index (χ2n) is 7.49. The molecule has 1 aromatic heterocycles. The maximum Gasteiger partial charge on any atom is 0.315 e. The number of nitrogens with zero attached hydrogens (tertiary/aromatic N) is 2. The number of likely N-dealkylation sites (tertiary alicyclic amines) is 1. The van der Waals surface area contributed by atoms with Crippen molar-refractivity contribution in [3.05, 3.63) is 30.1 Å². The van der Waals surface area contributed by atoms with Crippen molar-refractivity contribution >= 4 is 6.03 Å². The van der Waals surface area contributed by atoms with E-state index in [1.165, 1.54) is 18.4 Å². The molecule has 1 aromatic rings. The molecule has 24 heavy (non-hydrogen) atoms. The average molecular weight is 330 g/mol. The maximum atomic E-state index is 12.2. The Kier molecular flexibility index (Phi) is 6.07. The van der Waals surface area contributed by atoms with Crippen LogP contribution < -0.4 is 10.6 Å². The van der Waals surface area contributed by atoms with Crippen LogP contribution in [0.1, 0.15) is 51.0 Å². The molecule has 2 amide bonds. The minimum atomic E-state index is 0.0293. The number of aromatic nitrogens is 1. The summed E-state index contributed by atoms with van der Waals surface area (Å²) in [7, 11) is 0. The normalized spacial score (nSPS) is 26.0. The minimum Gasteiger partial charge on any atom is -0.335 e. The van der Waals surface area contributed by atoms with E-state index in [9.17, 15) is 4.79 Å². The van der Waals surface area contributed by atoms with Gasteiger partial charge in [-0.3, -0.25) is 9.88 Å². The second-order valence-corrected chi connectivity index (χ2v) is 7.49. The summed E-state index contributed by atoms with van der Waals surface area (Å²) >= 11 is 0. The van der Waals surface area contributed by atoms with Crippen LogP contribution in [0, 0.1) is 5.92 Å². The molecule has 1 saturated heterocycles. The Balaban J connectivity index is 1.36. The molecule has 1 aliphatic heterocycles. The number of piperidine rings is 1. The van der Waals surface area contributed by atoms with Gasteiger partial charge >= 0.3 is 6.03 Å². The number of carbonyl (C=O) groups is 1. The first kappa shape index (κ1) is 17.2. The lowest BCUT2D eigenvalue weighted by Gasteiger charge is -2.33. The van der Waals surface area contributed by atoms with Crippen LogP contribution >= 0.6 is 0 Å². The number of rotatable bonds is 4. The summed E-state index contributed by atoms with van der Waals surface area (Å²) < 4.78 is 0. The Bertz CT molecular complexity index is 513. The molecule has 132 valence electrons. The highest BCUT2D eigenvalue weighted by atomic mass is 16.2. The van der Waals surface area contributed by atoms with Gasteiger partial charge in [0.2, 0.25) is 0 Å². The lowest BCUT2D eigenvalue weighted by molar-refractivity contribution is 0.183. The predicted octanol–water partition coefficient (Wildman–Crippen LogP) is 2.92. The molecule has 1 saturated carbocycles. The van der Waals surface area contributed by atoms with E-state index in [0.29, 0.717) is 12.1 Å². The molecule has 2 aliphatic rings. The van der Waals surface area contributed by atoms with Gasteiger partial charge < -0.3 is 10.6 Å². The molecule has 0 unspecified atom stereocenters. The van der Waals surface area contributed by atoms with Crippen molar-refractivity contribution < 1.29 is 4.79 Å². The van der Waals surface area contributed by atoms with Crippen LogP contribution in [0.2, 0.25) is 0 Å². The van der Waals surface area contributed by atoms with Crippen molar-refractivity contribution in [3.63, 3.8) is 0 Å². The summed E-state index contributed by atoms with van der Waals surface area (Å²) in [6.45, 7) is 5.33. The first-order valence-corrected chi connectivity index (χ1v) is 9.37. The van der Waals surface area contributed by atoms with Crippen molar-refractivity contribution in [1.29, 1.82) is 0 Å². The van der Waals surface area contributed by atoms with Gasteiger partial charge in [-0.1, -0.05) is 19.8 Å². The molecule has 0 bridgehead atoms. The van der Waals surface area contributed by atoms with Crippen LogP contribution in [0.3, 0.4) is 0 Å². The van der Waals surface area contributed by atoms with Crippen LogP contribution in [0.25, 0.3) is 0 Å². The summed E-state index contributed by atoms with van der Waals surface area (Å²) in [5, 5.41) is 6.36. The molecular weight excluding hydrogens is 300 g/mol. The third kappa shape index (κ3) is 5.20. The molecule has 2 fully saturated rings. The highest BCUT2D eigenvalue weighted by molar-refractivity contribution is 5.74. The molecule has 5 heteroatoms. The van der Waals surface area contributed by atoms with Gasteiger partial charge in [0, 0.05) is 44.1 Å². The van der Waals surface area contributed by atoms with Gasteiger partial charge in [-0.25, -0.2) is 4.79 Å². The van der Waals surface area contributed by atoms with E-state index in [1.807, 2.05) is 12.4 Å². The Labute approximate surface area is 145 Å². The van der Waals surface area contributed by atoms with Crippen LogP contribution in [0.4, 0.5) is 4.79 Å². The summed E-state index contributed by atoms with van der Waals surface area (Å²) in [6, 6.07) is 4.84. The van der Waals surface area contributed by atoms with Gasteiger partial charge in [0.15, 0.2) is 0 Å². The number of nitrogens with one attached hydrogen (secondary N) is 2.